The predicted molar refractivity (Wildman–Crippen MR) is 185 cm³/mol. The molecule has 43 heavy (non-hydrogen) atoms. The minimum atomic E-state index is -0.415. The van der Waals surface area contributed by atoms with E-state index in [1.165, 1.54) is 51.4 Å². The summed E-state index contributed by atoms with van der Waals surface area (Å²) >= 11 is 0. The zero-order valence-electron chi connectivity index (χ0n) is 28.0. The van der Waals surface area contributed by atoms with E-state index in [4.69, 9.17) is 9.47 Å². The minimum absolute atomic E-state index is 0.121. The highest BCUT2D eigenvalue weighted by atomic mass is 16.6. The van der Waals surface area contributed by atoms with Gasteiger partial charge in [-0.15, -0.1) is 0 Å². The van der Waals surface area contributed by atoms with Crippen molar-refractivity contribution in [3.8, 4) is 0 Å². The zero-order chi connectivity index (χ0) is 31.5. The van der Waals surface area contributed by atoms with Gasteiger partial charge in [-0.05, 0) is 96.8 Å². The average molecular weight is 597 g/mol. The molecule has 0 rings (SSSR count). The van der Waals surface area contributed by atoms with Gasteiger partial charge in [-0.2, -0.15) is 0 Å². The Bertz CT molecular complexity index is 815. The highest BCUT2D eigenvalue weighted by Gasteiger charge is 2.12. The molecule has 0 heterocycles. The van der Waals surface area contributed by atoms with Gasteiger partial charge in [0.15, 0.2) is 0 Å². The number of carbonyl (C=O) groups is 2. The molecule has 0 saturated heterocycles. The van der Waals surface area contributed by atoms with Crippen LogP contribution in [0.2, 0.25) is 0 Å². The number of carbonyl (C=O) groups excluding carboxylic acids is 2. The number of allylic oxidation sites excluding steroid dienone is 12. The third-order valence-electron chi connectivity index (χ3n) is 6.85. The van der Waals surface area contributed by atoms with Crippen LogP contribution in [0.3, 0.4) is 0 Å². The van der Waals surface area contributed by atoms with Gasteiger partial charge in [0, 0.05) is 12.8 Å². The third kappa shape index (κ3) is 33.7. The van der Waals surface area contributed by atoms with Crippen LogP contribution in [0, 0.1) is 0 Å². The Balaban J connectivity index is 3.64. The Morgan fingerprint density at radius 1 is 0.488 bits per heavy atom. The van der Waals surface area contributed by atoms with Gasteiger partial charge in [-0.3, -0.25) is 9.59 Å². The second-order valence-corrected chi connectivity index (χ2v) is 11.2. The fourth-order valence-corrected chi connectivity index (χ4v) is 4.24. The molecule has 0 N–H and O–H groups in total. The lowest BCUT2D eigenvalue weighted by molar-refractivity contribution is -0.158. The van der Waals surface area contributed by atoms with E-state index in [2.05, 4.69) is 86.8 Å². The highest BCUT2D eigenvalue weighted by molar-refractivity contribution is 5.70. The summed E-state index contributed by atoms with van der Waals surface area (Å²) in [4.78, 5) is 24.0. The van der Waals surface area contributed by atoms with Gasteiger partial charge in [0.05, 0.1) is 0 Å². The van der Waals surface area contributed by atoms with E-state index >= 15 is 0 Å². The molecule has 0 spiro atoms. The molecule has 4 heteroatoms. The van der Waals surface area contributed by atoms with Crippen LogP contribution in [0.15, 0.2) is 72.9 Å². The quantitative estimate of drug-likeness (QED) is 0.0489. The molecule has 0 aromatic carbocycles. The van der Waals surface area contributed by atoms with Gasteiger partial charge in [0.25, 0.3) is 0 Å². The van der Waals surface area contributed by atoms with Crippen LogP contribution in [0.4, 0.5) is 0 Å². The molecule has 0 fully saturated rings. The summed E-state index contributed by atoms with van der Waals surface area (Å²) in [5.41, 5.74) is 0. The van der Waals surface area contributed by atoms with E-state index in [0.29, 0.717) is 12.8 Å². The molecule has 1 unspecified atom stereocenters. The van der Waals surface area contributed by atoms with Crippen LogP contribution in [0.5, 0.6) is 0 Å². The molecule has 0 aliphatic heterocycles. The fraction of sp³-hybridized carbons (Fsp3) is 0.641. The standard InChI is InChI=1S/C39H64O4/c1-4-6-8-10-12-14-16-18-20-22-24-26-28-30-32-34-38(40)42-36-37(3)43-39(41)35-33-31-29-27-25-23-21-19-17-15-13-11-9-7-5-2/h12-15,18-21,24-27,37H,4-11,16-17,22-23,28-36H2,1-3H3. The molecule has 0 saturated carbocycles. The van der Waals surface area contributed by atoms with Crippen molar-refractivity contribution in [3.63, 3.8) is 0 Å². The van der Waals surface area contributed by atoms with Crippen LogP contribution in [0.25, 0.3) is 0 Å². The first-order valence-electron chi connectivity index (χ1n) is 17.3. The molecular weight excluding hydrogens is 532 g/mol. The van der Waals surface area contributed by atoms with Gasteiger partial charge in [-0.1, -0.05) is 112 Å². The van der Waals surface area contributed by atoms with Crippen molar-refractivity contribution >= 4 is 11.9 Å². The van der Waals surface area contributed by atoms with Crippen molar-refractivity contribution in [3.05, 3.63) is 72.9 Å². The smallest absolute Gasteiger partial charge is 0.306 e. The lowest BCUT2D eigenvalue weighted by Crippen LogP contribution is -2.22. The van der Waals surface area contributed by atoms with Crippen LogP contribution in [0.1, 0.15) is 149 Å². The molecular formula is C39H64O4. The molecule has 0 amide bonds. The van der Waals surface area contributed by atoms with E-state index in [-0.39, 0.29) is 18.5 Å². The number of unbranched alkanes of at least 4 members (excludes halogenated alkanes) is 10. The normalized spacial score (nSPS) is 13.1. The van der Waals surface area contributed by atoms with Crippen LogP contribution in [-0.4, -0.2) is 24.6 Å². The summed E-state index contributed by atoms with van der Waals surface area (Å²) in [6, 6.07) is 0. The number of esters is 2. The maximum Gasteiger partial charge on any atom is 0.306 e. The van der Waals surface area contributed by atoms with E-state index in [1.54, 1.807) is 6.92 Å². The number of rotatable bonds is 29. The van der Waals surface area contributed by atoms with E-state index in [9.17, 15) is 9.59 Å². The Labute approximate surface area is 265 Å². The monoisotopic (exact) mass is 596 g/mol. The Morgan fingerprint density at radius 3 is 1.23 bits per heavy atom. The third-order valence-corrected chi connectivity index (χ3v) is 6.85. The van der Waals surface area contributed by atoms with Crippen molar-refractivity contribution < 1.29 is 19.1 Å². The van der Waals surface area contributed by atoms with E-state index < -0.39 is 6.10 Å². The molecule has 244 valence electrons. The SMILES string of the molecule is CCCCCC=CCC=CCC=CCCCCC(=O)OCC(C)OC(=O)CCCCC=CCC=CCC=CCCCCC. The average Bonchev–Trinajstić information content (AvgIpc) is 3.00. The lowest BCUT2D eigenvalue weighted by Gasteiger charge is -2.13. The van der Waals surface area contributed by atoms with Crippen LogP contribution < -0.4 is 0 Å². The summed E-state index contributed by atoms with van der Waals surface area (Å²) in [6.45, 7) is 6.36. The zero-order valence-corrected chi connectivity index (χ0v) is 28.0. The van der Waals surface area contributed by atoms with Crippen molar-refractivity contribution in [2.24, 2.45) is 0 Å². The van der Waals surface area contributed by atoms with Crippen LogP contribution >= 0.6 is 0 Å². The molecule has 1 atom stereocenters. The number of ether oxygens (including phenoxy) is 2. The first kappa shape index (κ1) is 40.4. The Kier molecular flexibility index (Phi) is 31.8. The van der Waals surface area contributed by atoms with E-state index in [0.717, 1.165) is 64.2 Å². The molecule has 0 aromatic heterocycles. The fourth-order valence-electron chi connectivity index (χ4n) is 4.24. The molecule has 0 aliphatic carbocycles. The van der Waals surface area contributed by atoms with Gasteiger partial charge < -0.3 is 9.47 Å². The van der Waals surface area contributed by atoms with Crippen molar-refractivity contribution in [2.45, 2.75) is 155 Å². The number of hydrogen-bond donors (Lipinski definition) is 0. The molecule has 0 aromatic rings. The van der Waals surface area contributed by atoms with Gasteiger partial charge >= 0.3 is 11.9 Å². The molecule has 0 radical (unpaired) electrons. The first-order valence-corrected chi connectivity index (χ1v) is 17.3. The maximum absolute atomic E-state index is 12.1. The van der Waals surface area contributed by atoms with Crippen molar-refractivity contribution in [1.82, 2.24) is 0 Å². The predicted octanol–water partition coefficient (Wildman–Crippen LogP) is 11.6. The van der Waals surface area contributed by atoms with Gasteiger partial charge in [0.1, 0.15) is 12.7 Å². The second-order valence-electron chi connectivity index (χ2n) is 11.2. The summed E-state index contributed by atoms with van der Waals surface area (Å²) in [5.74, 6) is -0.447. The number of hydrogen-bond acceptors (Lipinski definition) is 4. The second kappa shape index (κ2) is 33.9. The molecule has 0 aliphatic rings. The Hall–Kier alpha value is -2.62. The highest BCUT2D eigenvalue weighted by Crippen LogP contribution is 2.07. The summed E-state index contributed by atoms with van der Waals surface area (Å²) < 4.78 is 10.7. The largest absolute Gasteiger partial charge is 0.462 e. The molecule has 4 nitrogen and oxygen atoms in total. The van der Waals surface area contributed by atoms with Gasteiger partial charge in [0.2, 0.25) is 0 Å². The summed E-state index contributed by atoms with van der Waals surface area (Å²) in [5, 5.41) is 0. The minimum Gasteiger partial charge on any atom is -0.462 e. The van der Waals surface area contributed by atoms with Crippen LogP contribution in [-0.2, 0) is 19.1 Å². The first-order chi connectivity index (χ1) is 21.1. The maximum atomic E-state index is 12.1. The Morgan fingerprint density at radius 2 is 0.837 bits per heavy atom. The lowest BCUT2D eigenvalue weighted by atomic mass is 10.1. The summed E-state index contributed by atoms with van der Waals surface area (Å²) in [7, 11) is 0. The topological polar surface area (TPSA) is 52.6 Å². The molecule has 0 bridgehead atoms. The van der Waals surface area contributed by atoms with Crippen molar-refractivity contribution in [2.75, 3.05) is 6.61 Å². The van der Waals surface area contributed by atoms with E-state index in [1.807, 2.05) is 0 Å². The summed E-state index contributed by atoms with van der Waals surface area (Å²) in [6.07, 6.45) is 46.5. The van der Waals surface area contributed by atoms with Gasteiger partial charge in [-0.25, -0.2) is 0 Å². The van der Waals surface area contributed by atoms with Crippen molar-refractivity contribution in [1.29, 1.82) is 0 Å².